The maximum Gasteiger partial charge on any atom is 0.269 e. The molecule has 7 nitrogen and oxygen atoms in total. The van der Waals surface area contributed by atoms with Crippen LogP contribution in [0.1, 0.15) is 16.9 Å². The van der Waals surface area contributed by atoms with Crippen molar-refractivity contribution in [2.24, 2.45) is 4.99 Å². The van der Waals surface area contributed by atoms with Crippen molar-refractivity contribution in [2.75, 3.05) is 6.54 Å². The number of furan rings is 1. The predicted octanol–water partition coefficient (Wildman–Crippen LogP) is 4.42. The van der Waals surface area contributed by atoms with Gasteiger partial charge in [-0.3, -0.25) is 10.1 Å². The highest BCUT2D eigenvalue weighted by molar-refractivity contribution is 14.0. The van der Waals surface area contributed by atoms with Crippen LogP contribution in [0.25, 0.3) is 0 Å². The van der Waals surface area contributed by atoms with Crippen molar-refractivity contribution in [1.29, 1.82) is 0 Å². The third-order valence-corrected chi connectivity index (χ3v) is 4.22. The second kappa shape index (κ2) is 11.9. The zero-order chi connectivity index (χ0) is 20.5. The Balaban J connectivity index is 0.00000320. The minimum Gasteiger partial charge on any atom is -0.467 e. The van der Waals surface area contributed by atoms with Crippen LogP contribution >= 0.6 is 24.0 Å². The molecule has 0 aliphatic carbocycles. The first-order chi connectivity index (χ1) is 14.1. The van der Waals surface area contributed by atoms with E-state index in [2.05, 4.69) is 15.6 Å². The molecule has 0 fully saturated rings. The second-order valence-electron chi connectivity index (χ2n) is 6.29. The molecule has 0 bridgehead atoms. The Labute approximate surface area is 190 Å². The van der Waals surface area contributed by atoms with Gasteiger partial charge in [0.15, 0.2) is 5.96 Å². The molecule has 3 aromatic rings. The molecule has 3 rings (SSSR count). The molecule has 0 aliphatic heterocycles. The molecule has 30 heavy (non-hydrogen) atoms. The molecule has 0 aliphatic rings. The number of rotatable bonds is 8. The number of nitro groups is 1. The zero-order valence-corrected chi connectivity index (χ0v) is 18.4. The second-order valence-corrected chi connectivity index (χ2v) is 6.29. The van der Waals surface area contributed by atoms with E-state index in [1.165, 1.54) is 18.2 Å². The number of benzene rings is 2. The van der Waals surface area contributed by atoms with Crippen molar-refractivity contribution in [3.8, 4) is 0 Å². The average Bonchev–Trinajstić information content (AvgIpc) is 3.25. The van der Waals surface area contributed by atoms with Crippen LogP contribution in [-0.4, -0.2) is 17.4 Å². The fourth-order valence-electron chi connectivity index (χ4n) is 2.67. The lowest BCUT2D eigenvalue weighted by molar-refractivity contribution is -0.384. The number of non-ortho nitro benzene ring substituents is 1. The highest BCUT2D eigenvalue weighted by Crippen LogP contribution is 2.12. The summed E-state index contributed by atoms with van der Waals surface area (Å²) in [7, 11) is 0. The molecule has 9 heteroatoms. The molecule has 0 radical (unpaired) electrons. The number of hydrogen-bond acceptors (Lipinski definition) is 4. The normalized spacial score (nSPS) is 10.9. The topological polar surface area (TPSA) is 92.7 Å². The third kappa shape index (κ3) is 7.14. The lowest BCUT2D eigenvalue weighted by Gasteiger charge is -2.12. The molecule has 0 spiro atoms. The first-order valence-corrected chi connectivity index (χ1v) is 9.13. The van der Waals surface area contributed by atoms with Gasteiger partial charge in [0.2, 0.25) is 0 Å². The summed E-state index contributed by atoms with van der Waals surface area (Å²) in [6.07, 6.45) is 2.10. The number of guanidine groups is 1. The smallest absolute Gasteiger partial charge is 0.269 e. The van der Waals surface area contributed by atoms with E-state index in [1.54, 1.807) is 42.7 Å². The number of hydrogen-bond donors (Lipinski definition) is 2. The minimum atomic E-state index is -0.437. The number of nitrogens with one attached hydrogen (secondary N) is 2. The van der Waals surface area contributed by atoms with Gasteiger partial charge in [-0.05, 0) is 35.7 Å². The summed E-state index contributed by atoms with van der Waals surface area (Å²) in [6.45, 7) is 1.27. The quantitative estimate of drug-likeness (QED) is 0.150. The largest absolute Gasteiger partial charge is 0.467 e. The van der Waals surface area contributed by atoms with E-state index < -0.39 is 4.92 Å². The Morgan fingerprint density at radius 3 is 2.50 bits per heavy atom. The highest BCUT2D eigenvalue weighted by atomic mass is 127. The molecule has 0 unspecified atom stereocenters. The summed E-state index contributed by atoms with van der Waals surface area (Å²) < 4.78 is 19.1. The SMILES string of the molecule is I.O=[N+]([O-])c1ccc(CN=C(NCCc2ccccc2F)NCc2ccco2)cc1. The third-order valence-electron chi connectivity index (χ3n) is 4.22. The molecule has 0 amide bonds. The minimum absolute atomic E-state index is 0. The molecule has 1 heterocycles. The lowest BCUT2D eigenvalue weighted by atomic mass is 10.1. The molecular formula is C21H22FIN4O3. The number of halogens is 2. The van der Waals surface area contributed by atoms with E-state index in [0.717, 1.165) is 11.3 Å². The van der Waals surface area contributed by atoms with E-state index in [4.69, 9.17) is 4.42 Å². The Kier molecular flexibility index (Phi) is 9.26. The van der Waals surface area contributed by atoms with Gasteiger partial charge in [-0.15, -0.1) is 24.0 Å². The van der Waals surface area contributed by atoms with Crippen LogP contribution < -0.4 is 10.6 Å². The van der Waals surface area contributed by atoms with E-state index in [1.807, 2.05) is 6.07 Å². The van der Waals surface area contributed by atoms with Gasteiger partial charge in [0.1, 0.15) is 11.6 Å². The fourth-order valence-corrected chi connectivity index (χ4v) is 2.67. The maximum absolute atomic E-state index is 13.8. The van der Waals surface area contributed by atoms with Crippen LogP contribution in [0.4, 0.5) is 10.1 Å². The van der Waals surface area contributed by atoms with Crippen LogP contribution in [0.2, 0.25) is 0 Å². The molecule has 0 saturated carbocycles. The van der Waals surface area contributed by atoms with Gasteiger partial charge >= 0.3 is 0 Å². The van der Waals surface area contributed by atoms with Gasteiger partial charge < -0.3 is 15.1 Å². The summed E-state index contributed by atoms with van der Waals surface area (Å²) in [6, 6.07) is 16.5. The number of nitro benzene ring substituents is 1. The van der Waals surface area contributed by atoms with E-state index in [9.17, 15) is 14.5 Å². The van der Waals surface area contributed by atoms with Gasteiger partial charge in [0.05, 0.1) is 24.3 Å². The standard InChI is InChI=1S/C21H21FN4O3.HI/c22-20-6-2-1-4-17(20)11-12-23-21(25-15-19-5-3-13-29-19)24-14-16-7-9-18(10-8-16)26(27)28;/h1-10,13H,11-12,14-15H2,(H2,23,24,25);1H. The summed E-state index contributed by atoms with van der Waals surface area (Å²) in [5.74, 6) is 1.06. The zero-order valence-electron chi connectivity index (χ0n) is 16.1. The van der Waals surface area contributed by atoms with E-state index >= 15 is 0 Å². The van der Waals surface area contributed by atoms with Crippen LogP contribution in [0.3, 0.4) is 0 Å². The van der Waals surface area contributed by atoms with Crippen molar-refractivity contribution >= 4 is 35.6 Å². The Morgan fingerprint density at radius 1 is 1.07 bits per heavy atom. The van der Waals surface area contributed by atoms with Gasteiger partial charge in [-0.2, -0.15) is 0 Å². The van der Waals surface area contributed by atoms with Crippen LogP contribution in [0, 0.1) is 15.9 Å². The van der Waals surface area contributed by atoms with Crippen molar-refractivity contribution in [3.05, 3.63) is 99.7 Å². The molecule has 158 valence electrons. The highest BCUT2D eigenvalue weighted by Gasteiger charge is 2.06. The summed E-state index contributed by atoms with van der Waals surface area (Å²) in [5, 5.41) is 17.1. The summed E-state index contributed by atoms with van der Waals surface area (Å²) in [4.78, 5) is 14.8. The number of aliphatic imine (C=N–C) groups is 1. The predicted molar refractivity (Wildman–Crippen MR) is 123 cm³/mol. The first kappa shape index (κ1) is 23.3. The number of nitrogens with zero attached hydrogens (tertiary/aromatic N) is 2. The average molecular weight is 524 g/mol. The lowest BCUT2D eigenvalue weighted by Crippen LogP contribution is -2.38. The van der Waals surface area contributed by atoms with Crippen molar-refractivity contribution < 1.29 is 13.7 Å². The molecule has 1 aromatic heterocycles. The van der Waals surface area contributed by atoms with Gasteiger partial charge in [0.25, 0.3) is 5.69 Å². The van der Waals surface area contributed by atoms with Gasteiger partial charge in [-0.1, -0.05) is 30.3 Å². The van der Waals surface area contributed by atoms with E-state index in [-0.39, 0.29) is 35.5 Å². The molecular weight excluding hydrogens is 502 g/mol. The summed E-state index contributed by atoms with van der Waals surface area (Å²) >= 11 is 0. The van der Waals surface area contributed by atoms with Crippen molar-refractivity contribution in [2.45, 2.75) is 19.5 Å². The van der Waals surface area contributed by atoms with Crippen molar-refractivity contribution in [3.63, 3.8) is 0 Å². The first-order valence-electron chi connectivity index (χ1n) is 9.13. The van der Waals surface area contributed by atoms with Crippen LogP contribution in [0.15, 0.2) is 76.3 Å². The Bertz CT molecular complexity index is 963. The fraction of sp³-hybridized carbons (Fsp3) is 0.190. The van der Waals surface area contributed by atoms with E-state index in [0.29, 0.717) is 37.6 Å². The van der Waals surface area contributed by atoms with Crippen LogP contribution in [0.5, 0.6) is 0 Å². The van der Waals surface area contributed by atoms with Gasteiger partial charge in [0, 0.05) is 18.7 Å². The molecule has 2 N–H and O–H groups in total. The summed E-state index contributed by atoms with van der Waals surface area (Å²) in [5.41, 5.74) is 1.50. The molecule has 0 saturated heterocycles. The Morgan fingerprint density at radius 2 is 1.83 bits per heavy atom. The monoisotopic (exact) mass is 524 g/mol. The maximum atomic E-state index is 13.8. The molecule has 2 aromatic carbocycles. The van der Waals surface area contributed by atoms with Gasteiger partial charge in [-0.25, -0.2) is 9.38 Å². The van der Waals surface area contributed by atoms with Crippen molar-refractivity contribution in [1.82, 2.24) is 10.6 Å². The molecule has 0 atom stereocenters. The Hall–Kier alpha value is -2.95. The van der Waals surface area contributed by atoms with Crippen LogP contribution in [-0.2, 0) is 19.5 Å².